The van der Waals surface area contributed by atoms with Crippen molar-refractivity contribution in [3.63, 3.8) is 0 Å². The van der Waals surface area contributed by atoms with E-state index in [1.807, 2.05) is 19.1 Å². The summed E-state index contributed by atoms with van der Waals surface area (Å²) < 4.78 is 20.4. The Balaban J connectivity index is 2.27. The summed E-state index contributed by atoms with van der Waals surface area (Å²) >= 11 is 0. The van der Waals surface area contributed by atoms with Gasteiger partial charge in [-0.15, -0.1) is 0 Å². The number of anilines is 1. The molecule has 240 valence electrons. The topological polar surface area (TPSA) is 135 Å². The molecule has 1 heterocycles. The molecule has 0 aliphatic rings. The number of hydrogen-bond acceptors (Lipinski definition) is 6. The molecule has 11 nitrogen and oxygen atoms in total. The van der Waals surface area contributed by atoms with Crippen molar-refractivity contribution in [2.75, 3.05) is 19.4 Å². The molecule has 0 radical (unpaired) electrons. The number of halogens is 1. The lowest BCUT2D eigenvalue weighted by atomic mass is 10.0. The molecule has 2 rings (SSSR count). The summed E-state index contributed by atoms with van der Waals surface area (Å²) in [7, 11) is 3.21. The van der Waals surface area contributed by atoms with E-state index in [0.717, 1.165) is 5.57 Å². The Morgan fingerprint density at radius 2 is 1.75 bits per heavy atom. The number of carbonyl (C=O) groups excluding carboxylic acids is 4. The molecule has 1 aromatic carbocycles. The minimum Gasteiger partial charge on any atom is -0.444 e. The number of carbonyl (C=O) groups is 4. The quantitative estimate of drug-likeness (QED) is 0.280. The number of ether oxygens (including phenoxy) is 1. The molecule has 2 atom stereocenters. The summed E-state index contributed by atoms with van der Waals surface area (Å²) in [5.74, 6) is -1.69. The molecule has 0 aliphatic heterocycles. The number of aromatic nitrogens is 2. The summed E-state index contributed by atoms with van der Waals surface area (Å²) in [6.45, 7) is 14.0. The predicted octanol–water partition coefficient (Wildman–Crippen LogP) is 4.73. The molecule has 1 aromatic heterocycles. The van der Waals surface area contributed by atoms with Crippen molar-refractivity contribution >= 4 is 29.6 Å². The zero-order chi connectivity index (χ0) is 33.2. The normalized spacial score (nSPS) is 13.1. The Hall–Kier alpha value is -4.48. The first-order valence-electron chi connectivity index (χ1n) is 14.4. The maximum absolute atomic E-state index is 13.6. The lowest BCUT2D eigenvalue weighted by Gasteiger charge is -2.29. The van der Waals surface area contributed by atoms with Crippen LogP contribution in [-0.2, 0) is 19.1 Å². The van der Waals surface area contributed by atoms with Crippen LogP contribution < -0.4 is 16.0 Å². The zero-order valence-corrected chi connectivity index (χ0v) is 26.9. The van der Waals surface area contributed by atoms with Gasteiger partial charge < -0.3 is 30.2 Å². The van der Waals surface area contributed by atoms with Gasteiger partial charge in [-0.1, -0.05) is 36.4 Å². The van der Waals surface area contributed by atoms with Gasteiger partial charge in [0.25, 0.3) is 0 Å². The number of nitrogens with zero attached hydrogens (tertiary/aromatic N) is 3. The fourth-order valence-electron chi connectivity index (χ4n) is 4.16. The SMILES string of the molecule is C=C(/C=C\C)CCC[C@@H](NC(=O)C(C)(C)NC(=O)OC(C)(C)C)C(=O)Nc1cn(C(C(=O)N(C)C)c2ccc(F)cc2)cn1. The molecular weight excluding hydrogens is 567 g/mol. The molecule has 3 N–H and O–H groups in total. The average Bonchev–Trinajstić information content (AvgIpc) is 3.35. The number of likely N-dealkylation sites (N-methyl/N-ethyl adjacent to an activating group) is 1. The molecule has 0 aliphatic carbocycles. The molecule has 0 bridgehead atoms. The number of imidazole rings is 1. The highest BCUT2D eigenvalue weighted by molar-refractivity contribution is 5.98. The van der Waals surface area contributed by atoms with Crippen LogP contribution in [0, 0.1) is 5.82 Å². The van der Waals surface area contributed by atoms with Crippen molar-refractivity contribution < 1.29 is 28.3 Å². The van der Waals surface area contributed by atoms with E-state index in [4.69, 9.17) is 4.74 Å². The summed E-state index contributed by atoms with van der Waals surface area (Å²) in [4.78, 5) is 57.8. The van der Waals surface area contributed by atoms with Crippen molar-refractivity contribution in [3.8, 4) is 0 Å². The van der Waals surface area contributed by atoms with Crippen LogP contribution in [-0.4, -0.2) is 69.5 Å². The zero-order valence-electron chi connectivity index (χ0n) is 26.9. The van der Waals surface area contributed by atoms with Crippen LogP contribution in [0.3, 0.4) is 0 Å². The second kappa shape index (κ2) is 15.3. The second-order valence-electron chi connectivity index (χ2n) is 12.2. The summed E-state index contributed by atoms with van der Waals surface area (Å²) in [5, 5.41) is 8.01. The van der Waals surface area contributed by atoms with Gasteiger partial charge in [-0.05, 0) is 78.5 Å². The maximum atomic E-state index is 13.6. The number of nitrogens with one attached hydrogen (secondary N) is 3. The molecule has 0 saturated heterocycles. The fourth-order valence-corrected chi connectivity index (χ4v) is 4.16. The van der Waals surface area contributed by atoms with E-state index in [1.54, 1.807) is 34.9 Å². The number of hydrogen-bond donors (Lipinski definition) is 3. The Morgan fingerprint density at radius 3 is 2.32 bits per heavy atom. The van der Waals surface area contributed by atoms with Crippen molar-refractivity contribution in [3.05, 3.63) is 72.5 Å². The van der Waals surface area contributed by atoms with Crippen molar-refractivity contribution in [2.45, 2.75) is 84.0 Å². The smallest absolute Gasteiger partial charge is 0.408 e. The monoisotopic (exact) mass is 612 g/mol. The first kappa shape index (κ1) is 35.7. The van der Waals surface area contributed by atoms with Gasteiger partial charge >= 0.3 is 6.09 Å². The lowest BCUT2D eigenvalue weighted by molar-refractivity contribution is -0.131. The van der Waals surface area contributed by atoms with Crippen LogP contribution in [0.5, 0.6) is 0 Å². The standard InChI is InChI=1S/C32H45FN6O5/c1-10-12-21(2)13-11-14-24(35-29(42)32(6,7)37-30(43)44-31(3,4)5)27(40)36-25-19-39(20-34-25)26(28(41)38(8)9)22-15-17-23(33)18-16-22/h10,12,15-20,24,26H,2,11,13-14H2,1,3-9H3,(H,35,42)(H,36,40)(H,37,43)/b12-10-/t24-,26?/m1/s1. The molecule has 12 heteroatoms. The lowest BCUT2D eigenvalue weighted by Crippen LogP contribution is -2.58. The van der Waals surface area contributed by atoms with Gasteiger partial charge in [0.2, 0.25) is 17.7 Å². The Labute approximate surface area is 258 Å². The number of benzene rings is 1. The number of alkyl carbamates (subject to hydrolysis) is 1. The van der Waals surface area contributed by atoms with Crippen molar-refractivity contribution in [1.29, 1.82) is 0 Å². The van der Waals surface area contributed by atoms with Crippen LogP contribution in [0.25, 0.3) is 0 Å². The molecule has 44 heavy (non-hydrogen) atoms. The number of rotatable bonds is 13. The predicted molar refractivity (Wildman–Crippen MR) is 167 cm³/mol. The van der Waals surface area contributed by atoms with E-state index in [2.05, 4.69) is 27.5 Å². The van der Waals surface area contributed by atoms with Crippen LogP contribution in [0.15, 0.2) is 61.1 Å². The van der Waals surface area contributed by atoms with Crippen LogP contribution in [0.4, 0.5) is 15.0 Å². The van der Waals surface area contributed by atoms with E-state index in [-0.39, 0.29) is 18.1 Å². The van der Waals surface area contributed by atoms with Crippen LogP contribution >= 0.6 is 0 Å². The highest BCUT2D eigenvalue weighted by atomic mass is 19.1. The Kier molecular flexibility index (Phi) is 12.4. The highest BCUT2D eigenvalue weighted by Crippen LogP contribution is 2.23. The fraction of sp³-hybridized carbons (Fsp3) is 0.469. The molecule has 1 unspecified atom stereocenters. The second-order valence-corrected chi connectivity index (χ2v) is 12.2. The van der Waals surface area contributed by atoms with Gasteiger partial charge in [0.1, 0.15) is 29.0 Å². The van der Waals surface area contributed by atoms with E-state index in [9.17, 15) is 23.6 Å². The average molecular weight is 613 g/mol. The van der Waals surface area contributed by atoms with E-state index < -0.39 is 46.9 Å². The van der Waals surface area contributed by atoms with Gasteiger partial charge in [0, 0.05) is 20.3 Å². The van der Waals surface area contributed by atoms with Gasteiger partial charge in [0.15, 0.2) is 5.82 Å². The molecule has 4 amide bonds. The molecule has 0 spiro atoms. The van der Waals surface area contributed by atoms with Gasteiger partial charge in [-0.2, -0.15) is 0 Å². The first-order valence-corrected chi connectivity index (χ1v) is 14.4. The van der Waals surface area contributed by atoms with E-state index in [1.165, 1.54) is 60.1 Å². The molecule has 2 aromatic rings. The van der Waals surface area contributed by atoms with Crippen molar-refractivity contribution in [1.82, 2.24) is 25.1 Å². The maximum Gasteiger partial charge on any atom is 0.408 e. The molecular formula is C32H45FN6O5. The third kappa shape index (κ3) is 11.0. The van der Waals surface area contributed by atoms with Gasteiger partial charge in [-0.3, -0.25) is 14.4 Å². The van der Waals surface area contributed by atoms with Crippen LogP contribution in [0.1, 0.15) is 72.4 Å². The third-order valence-corrected chi connectivity index (χ3v) is 6.41. The van der Waals surface area contributed by atoms with Gasteiger partial charge in [0.05, 0.1) is 6.33 Å². The Morgan fingerprint density at radius 1 is 1.11 bits per heavy atom. The summed E-state index contributed by atoms with van der Waals surface area (Å²) in [5.41, 5.74) is -0.746. The Bertz CT molecular complexity index is 1360. The van der Waals surface area contributed by atoms with Crippen molar-refractivity contribution in [2.24, 2.45) is 0 Å². The minimum atomic E-state index is -1.40. The number of amides is 4. The highest BCUT2D eigenvalue weighted by Gasteiger charge is 2.34. The molecule has 0 saturated carbocycles. The largest absolute Gasteiger partial charge is 0.444 e. The molecule has 0 fully saturated rings. The third-order valence-electron chi connectivity index (χ3n) is 6.41. The summed E-state index contributed by atoms with van der Waals surface area (Å²) in [6, 6.07) is 3.73. The summed E-state index contributed by atoms with van der Waals surface area (Å²) in [6.07, 6.45) is 7.28. The van der Waals surface area contributed by atoms with E-state index >= 15 is 0 Å². The van der Waals surface area contributed by atoms with Crippen LogP contribution in [0.2, 0.25) is 0 Å². The van der Waals surface area contributed by atoms with Gasteiger partial charge in [-0.25, -0.2) is 14.2 Å². The first-order chi connectivity index (χ1) is 20.4. The number of allylic oxidation sites excluding steroid dienone is 3. The van der Waals surface area contributed by atoms with E-state index in [0.29, 0.717) is 18.4 Å². The minimum absolute atomic E-state index is 0.150.